The van der Waals surface area contributed by atoms with Crippen LogP contribution in [0.25, 0.3) is 43.7 Å². The second kappa shape index (κ2) is 9.10. The fourth-order valence-corrected chi connectivity index (χ4v) is 8.17. The Labute approximate surface area is 221 Å². The lowest BCUT2D eigenvalue weighted by Crippen LogP contribution is -2.24. The zero-order valence-corrected chi connectivity index (χ0v) is 21.6. The van der Waals surface area contributed by atoms with Gasteiger partial charge in [-0.1, -0.05) is 133 Å². The van der Waals surface area contributed by atoms with Crippen molar-refractivity contribution in [2.24, 2.45) is 0 Å². The van der Waals surface area contributed by atoms with Crippen molar-refractivity contribution >= 4 is 55.6 Å². The van der Waals surface area contributed by atoms with Crippen LogP contribution in [0.1, 0.15) is 0 Å². The van der Waals surface area contributed by atoms with Gasteiger partial charge in [-0.05, 0) is 28.5 Å². The maximum absolute atomic E-state index is 14.9. The fraction of sp³-hybridized carbons (Fsp3) is 0. The molecule has 0 radical (unpaired) electrons. The Bertz CT molecular complexity index is 1940. The summed E-state index contributed by atoms with van der Waals surface area (Å²) in [6.07, 6.45) is 0. The molecule has 0 saturated carbocycles. The first-order chi connectivity index (χ1) is 18.7. The standard InChI is InChI=1S/C35H24NOP/c37-38(27-12-3-1-4-13-27,28-14-5-2-6-15-28)29-22-19-26(20-23-29)34-31-17-9-10-18-32(31)36-33-24-21-25-11-7-8-16-30(25)35(33)34/h1-24H. The smallest absolute Gasteiger partial charge is 0.171 e. The number of rotatable bonds is 4. The molecule has 38 heavy (non-hydrogen) atoms. The maximum Gasteiger partial charge on any atom is 0.171 e. The lowest BCUT2D eigenvalue weighted by Gasteiger charge is -2.20. The second-order valence-electron chi connectivity index (χ2n) is 9.51. The SMILES string of the molecule is O=P(c1ccccc1)(c1ccccc1)c1ccc(-c2c3ccccc3nc3ccc4ccccc4c23)cc1. The second-order valence-corrected chi connectivity index (χ2v) is 12.3. The maximum atomic E-state index is 14.9. The van der Waals surface area contributed by atoms with Gasteiger partial charge in [0.05, 0.1) is 11.0 Å². The Morgan fingerprint density at radius 1 is 0.447 bits per heavy atom. The minimum Gasteiger partial charge on any atom is -0.309 e. The van der Waals surface area contributed by atoms with E-state index in [9.17, 15) is 4.57 Å². The van der Waals surface area contributed by atoms with Crippen molar-refractivity contribution in [2.75, 3.05) is 0 Å². The summed E-state index contributed by atoms with van der Waals surface area (Å²) >= 11 is 0. The normalized spacial score (nSPS) is 11.8. The Balaban J connectivity index is 1.49. The number of nitrogens with zero attached hydrogens (tertiary/aromatic N) is 1. The Morgan fingerprint density at radius 2 is 1.00 bits per heavy atom. The summed E-state index contributed by atoms with van der Waals surface area (Å²) in [7, 11) is -3.04. The highest BCUT2D eigenvalue weighted by atomic mass is 31.2. The van der Waals surface area contributed by atoms with Crippen molar-refractivity contribution < 1.29 is 4.57 Å². The molecule has 0 bridgehead atoms. The third kappa shape index (κ3) is 3.57. The van der Waals surface area contributed by atoms with E-state index < -0.39 is 7.14 Å². The molecule has 0 aliphatic carbocycles. The van der Waals surface area contributed by atoms with E-state index in [1.54, 1.807) is 0 Å². The number of fused-ring (bicyclic) bond motifs is 4. The molecule has 0 spiro atoms. The number of para-hydroxylation sites is 1. The minimum absolute atomic E-state index is 0.825. The van der Waals surface area contributed by atoms with Gasteiger partial charge in [-0.2, -0.15) is 0 Å². The van der Waals surface area contributed by atoms with Crippen LogP contribution < -0.4 is 15.9 Å². The number of hydrogen-bond acceptors (Lipinski definition) is 2. The van der Waals surface area contributed by atoms with Crippen LogP contribution in [0.4, 0.5) is 0 Å². The van der Waals surface area contributed by atoms with Gasteiger partial charge >= 0.3 is 0 Å². The Hall–Kier alpha value is -4.52. The van der Waals surface area contributed by atoms with Gasteiger partial charge in [-0.15, -0.1) is 0 Å². The number of benzene rings is 6. The summed E-state index contributed by atoms with van der Waals surface area (Å²) in [4.78, 5) is 5.01. The third-order valence-electron chi connectivity index (χ3n) is 7.33. The van der Waals surface area contributed by atoms with Crippen molar-refractivity contribution in [1.82, 2.24) is 4.98 Å². The van der Waals surface area contributed by atoms with E-state index in [0.717, 1.165) is 48.8 Å². The highest BCUT2D eigenvalue weighted by Gasteiger charge is 2.29. The van der Waals surface area contributed by atoms with Crippen LogP contribution in [0, 0.1) is 0 Å². The summed E-state index contributed by atoms with van der Waals surface area (Å²) in [6.45, 7) is 0. The molecule has 0 saturated heterocycles. The molecule has 0 unspecified atom stereocenters. The van der Waals surface area contributed by atoms with E-state index in [0.29, 0.717) is 0 Å². The van der Waals surface area contributed by atoms with E-state index >= 15 is 0 Å². The van der Waals surface area contributed by atoms with E-state index in [1.807, 2.05) is 78.9 Å². The minimum atomic E-state index is -3.04. The van der Waals surface area contributed by atoms with Crippen LogP contribution in [-0.2, 0) is 4.57 Å². The predicted octanol–water partition coefficient (Wildman–Crippen LogP) is 7.85. The number of pyridine rings is 1. The molecule has 1 aromatic heterocycles. The summed E-state index contributed by atoms with van der Waals surface area (Å²) in [6, 6.07) is 49.0. The van der Waals surface area contributed by atoms with Gasteiger partial charge in [0.15, 0.2) is 7.14 Å². The molecule has 2 nitrogen and oxygen atoms in total. The Kier molecular flexibility index (Phi) is 5.43. The van der Waals surface area contributed by atoms with Crippen molar-refractivity contribution in [3.63, 3.8) is 0 Å². The van der Waals surface area contributed by atoms with Crippen LogP contribution in [0.5, 0.6) is 0 Å². The summed E-state index contributed by atoms with van der Waals surface area (Å²) < 4.78 is 14.9. The molecule has 1 heterocycles. The van der Waals surface area contributed by atoms with Crippen LogP contribution >= 0.6 is 7.14 Å². The van der Waals surface area contributed by atoms with Gasteiger partial charge in [0.2, 0.25) is 0 Å². The molecule has 3 heteroatoms. The lowest BCUT2D eigenvalue weighted by atomic mass is 9.93. The average Bonchev–Trinajstić information content (AvgIpc) is 3.00. The van der Waals surface area contributed by atoms with Crippen LogP contribution in [0.2, 0.25) is 0 Å². The quantitative estimate of drug-likeness (QED) is 0.139. The molecular weight excluding hydrogens is 481 g/mol. The molecule has 7 rings (SSSR count). The fourth-order valence-electron chi connectivity index (χ4n) is 5.52. The van der Waals surface area contributed by atoms with Crippen LogP contribution in [-0.4, -0.2) is 4.98 Å². The molecule has 0 atom stereocenters. The van der Waals surface area contributed by atoms with Crippen molar-refractivity contribution in [2.45, 2.75) is 0 Å². The van der Waals surface area contributed by atoms with E-state index in [-0.39, 0.29) is 0 Å². The van der Waals surface area contributed by atoms with Gasteiger partial charge in [-0.3, -0.25) is 0 Å². The van der Waals surface area contributed by atoms with Gasteiger partial charge in [0, 0.05) is 32.2 Å². The average molecular weight is 506 g/mol. The third-order valence-corrected chi connectivity index (χ3v) is 10.4. The van der Waals surface area contributed by atoms with Gasteiger partial charge in [0.25, 0.3) is 0 Å². The van der Waals surface area contributed by atoms with E-state index in [2.05, 4.69) is 66.7 Å². The summed E-state index contributed by atoms with van der Waals surface area (Å²) in [5.74, 6) is 0. The molecule has 0 amide bonds. The van der Waals surface area contributed by atoms with Crippen LogP contribution in [0.3, 0.4) is 0 Å². The van der Waals surface area contributed by atoms with Crippen molar-refractivity contribution in [1.29, 1.82) is 0 Å². The molecule has 0 aliphatic rings. The largest absolute Gasteiger partial charge is 0.309 e. The Morgan fingerprint density at radius 3 is 1.68 bits per heavy atom. The topological polar surface area (TPSA) is 30.0 Å². The first-order valence-corrected chi connectivity index (χ1v) is 14.5. The molecule has 0 N–H and O–H groups in total. The molecule has 7 aromatic rings. The first-order valence-electron chi connectivity index (χ1n) is 12.8. The highest BCUT2D eigenvalue weighted by Crippen LogP contribution is 2.44. The molecule has 6 aromatic carbocycles. The van der Waals surface area contributed by atoms with E-state index in [1.165, 1.54) is 10.8 Å². The molecular formula is C35H24NOP. The van der Waals surface area contributed by atoms with E-state index in [4.69, 9.17) is 4.98 Å². The zero-order chi connectivity index (χ0) is 25.5. The van der Waals surface area contributed by atoms with Crippen molar-refractivity contribution in [3.05, 3.63) is 146 Å². The lowest BCUT2D eigenvalue weighted by molar-refractivity contribution is 0.592. The predicted molar refractivity (Wildman–Crippen MR) is 162 cm³/mol. The van der Waals surface area contributed by atoms with Gasteiger partial charge in [-0.25, -0.2) is 4.98 Å². The number of aromatic nitrogens is 1. The summed E-state index contributed by atoms with van der Waals surface area (Å²) in [5, 5.41) is 7.12. The first kappa shape index (κ1) is 22.7. The van der Waals surface area contributed by atoms with Crippen molar-refractivity contribution in [3.8, 4) is 11.1 Å². The monoisotopic (exact) mass is 505 g/mol. The molecule has 180 valence electrons. The van der Waals surface area contributed by atoms with Gasteiger partial charge in [0.1, 0.15) is 0 Å². The van der Waals surface area contributed by atoms with Crippen LogP contribution in [0.15, 0.2) is 146 Å². The van der Waals surface area contributed by atoms with Gasteiger partial charge < -0.3 is 4.57 Å². The number of hydrogen-bond donors (Lipinski definition) is 0. The highest BCUT2D eigenvalue weighted by molar-refractivity contribution is 7.85. The summed E-state index contributed by atoms with van der Waals surface area (Å²) in [5.41, 5.74) is 4.18. The molecule has 0 aliphatic heterocycles. The zero-order valence-electron chi connectivity index (χ0n) is 20.7. The molecule has 0 fully saturated rings.